The highest BCUT2D eigenvalue weighted by molar-refractivity contribution is 7.96. The van der Waals surface area contributed by atoms with Gasteiger partial charge in [0.25, 0.3) is 0 Å². The van der Waals surface area contributed by atoms with Crippen LogP contribution in [0.5, 0.6) is 0 Å². The average Bonchev–Trinajstić information content (AvgIpc) is 3.68. The maximum absolute atomic E-state index is 18.0. The third-order valence-corrected chi connectivity index (χ3v) is 11.8. The number of aliphatic hydroxyl groups excluding tert-OH is 1. The number of esters is 1. The number of hydrogen-bond donors (Lipinski definition) is 2. The molecule has 0 amide bonds. The van der Waals surface area contributed by atoms with E-state index in [0.29, 0.717) is 44.4 Å². The third-order valence-electron chi connectivity index (χ3n) is 11.5. The predicted octanol–water partition coefficient (Wildman–Crippen LogP) is 4.57. The summed E-state index contributed by atoms with van der Waals surface area (Å²) in [6, 6.07) is 2.87. The van der Waals surface area contributed by atoms with Crippen LogP contribution in [0.2, 0.25) is 0 Å². The van der Waals surface area contributed by atoms with Crippen molar-refractivity contribution in [2.75, 3.05) is 6.61 Å². The molecule has 2 aromatic heterocycles. The zero-order valence-corrected chi connectivity index (χ0v) is 24.6. The number of carbonyl (C=O) groups is 2. The van der Waals surface area contributed by atoms with Crippen LogP contribution in [-0.2, 0) is 25.5 Å². The van der Waals surface area contributed by atoms with Crippen molar-refractivity contribution in [1.82, 2.24) is 14.8 Å². The minimum atomic E-state index is -1.98. The van der Waals surface area contributed by atoms with E-state index in [1.807, 2.05) is 19.9 Å². The minimum absolute atomic E-state index is 0.0357. The highest BCUT2D eigenvalue weighted by Crippen LogP contribution is 2.71. The van der Waals surface area contributed by atoms with Crippen LogP contribution < -0.4 is 0 Å². The van der Waals surface area contributed by atoms with Crippen molar-refractivity contribution in [1.29, 1.82) is 0 Å². The molecular formula is C31H35F2N3O5S. The van der Waals surface area contributed by atoms with Gasteiger partial charge in [-0.1, -0.05) is 19.4 Å². The second-order valence-electron chi connectivity index (χ2n) is 13.2. The standard InChI is InChI=1S/C31H35F2N3O5S/c1-28-13-17-15-35-36(19-6-8-25(32)34-16-19)22(17)12-18(28)5-7-21-20-9-10-30(27(39)42,41-26(38)23-4-3-11-40-23)29(20,2)14-24(37)31(21,28)33/h6,8,12,15-16,20-21,23-24,37H,3-5,7,9-11,13-14H2,1-2H3,(H,39,42)/t20-,21?,23?,24?,28?,29?,30?,31-/m0/s1. The van der Waals surface area contributed by atoms with Gasteiger partial charge in [0.05, 0.1) is 29.9 Å². The Balaban J connectivity index is 1.24. The Labute approximate surface area is 248 Å². The molecule has 11 heteroatoms. The van der Waals surface area contributed by atoms with Gasteiger partial charge in [-0.25, -0.2) is 18.9 Å². The number of alkyl halides is 1. The Kier molecular flexibility index (Phi) is 6.32. The molecule has 0 spiro atoms. The van der Waals surface area contributed by atoms with Gasteiger partial charge in [-0.15, -0.1) is 12.6 Å². The fourth-order valence-electron chi connectivity index (χ4n) is 9.31. The second kappa shape index (κ2) is 9.43. The highest BCUT2D eigenvalue weighted by Gasteiger charge is 2.75. The molecule has 1 aliphatic heterocycles. The second-order valence-corrected chi connectivity index (χ2v) is 13.6. The molecule has 224 valence electrons. The van der Waals surface area contributed by atoms with E-state index < -0.39 is 57.3 Å². The van der Waals surface area contributed by atoms with Crippen LogP contribution in [-0.4, -0.2) is 61.0 Å². The number of allylic oxidation sites excluding steroid dienone is 1. The van der Waals surface area contributed by atoms with Gasteiger partial charge >= 0.3 is 5.97 Å². The number of aliphatic hydroxyl groups is 1. The summed E-state index contributed by atoms with van der Waals surface area (Å²) in [7, 11) is 0. The van der Waals surface area contributed by atoms with Crippen LogP contribution in [0.1, 0.15) is 70.1 Å². The molecule has 3 saturated carbocycles. The molecule has 1 N–H and O–H groups in total. The lowest BCUT2D eigenvalue weighted by molar-refractivity contribution is -0.230. The van der Waals surface area contributed by atoms with Gasteiger partial charge < -0.3 is 14.6 Å². The van der Waals surface area contributed by atoms with Crippen molar-refractivity contribution in [3.05, 3.63) is 47.3 Å². The van der Waals surface area contributed by atoms with Crippen LogP contribution in [0.4, 0.5) is 8.78 Å². The van der Waals surface area contributed by atoms with Gasteiger partial charge in [0, 0.05) is 23.4 Å². The first-order valence-corrected chi connectivity index (χ1v) is 15.2. The summed E-state index contributed by atoms with van der Waals surface area (Å²) in [5, 5.41) is 15.8. The summed E-state index contributed by atoms with van der Waals surface area (Å²) in [6.07, 6.45) is 6.32. The zero-order chi connectivity index (χ0) is 29.7. The molecule has 0 radical (unpaired) electrons. The van der Waals surface area contributed by atoms with Crippen molar-refractivity contribution in [2.24, 2.45) is 22.7 Å². The van der Waals surface area contributed by atoms with Crippen molar-refractivity contribution in [2.45, 2.75) is 88.7 Å². The first kappa shape index (κ1) is 28.2. The van der Waals surface area contributed by atoms with Crippen molar-refractivity contribution in [3.8, 4) is 5.69 Å². The van der Waals surface area contributed by atoms with Crippen LogP contribution in [0.25, 0.3) is 11.8 Å². The Bertz CT molecular complexity index is 1490. The summed E-state index contributed by atoms with van der Waals surface area (Å²) >= 11 is 4.22. The van der Waals surface area contributed by atoms with E-state index in [1.165, 1.54) is 12.3 Å². The molecular weight excluding hydrogens is 564 g/mol. The largest absolute Gasteiger partial charge is 0.448 e. The highest BCUT2D eigenvalue weighted by atomic mass is 32.1. The molecule has 8 nitrogen and oxygen atoms in total. The number of rotatable bonds is 4. The minimum Gasteiger partial charge on any atom is -0.448 e. The van der Waals surface area contributed by atoms with Gasteiger partial charge in [0.15, 0.2) is 11.7 Å². The smallest absolute Gasteiger partial charge is 0.336 e. The van der Waals surface area contributed by atoms with E-state index in [9.17, 15) is 19.1 Å². The molecule has 2 aromatic rings. The molecule has 42 heavy (non-hydrogen) atoms. The molecule has 0 bridgehead atoms. The summed E-state index contributed by atoms with van der Waals surface area (Å²) in [6.45, 7) is 4.21. The zero-order valence-electron chi connectivity index (χ0n) is 23.7. The normalized spacial score (nSPS) is 40.4. The molecule has 7 rings (SSSR count). The maximum atomic E-state index is 18.0. The number of aromatic nitrogens is 3. The van der Waals surface area contributed by atoms with Crippen LogP contribution in [0.3, 0.4) is 0 Å². The van der Waals surface area contributed by atoms with Gasteiger partial charge in [0.1, 0.15) is 5.67 Å². The molecule has 6 unspecified atom stereocenters. The van der Waals surface area contributed by atoms with Crippen LogP contribution in [0, 0.1) is 28.6 Å². The van der Waals surface area contributed by atoms with Crippen molar-refractivity contribution >= 4 is 29.8 Å². The summed E-state index contributed by atoms with van der Waals surface area (Å²) in [5.74, 6) is -2.02. The van der Waals surface area contributed by atoms with E-state index in [-0.39, 0.29) is 18.8 Å². The summed E-state index contributed by atoms with van der Waals surface area (Å²) < 4.78 is 44.7. The molecule has 0 aromatic carbocycles. The van der Waals surface area contributed by atoms with Crippen molar-refractivity contribution < 1.29 is 33.0 Å². The van der Waals surface area contributed by atoms with Crippen molar-refractivity contribution in [3.63, 3.8) is 0 Å². The van der Waals surface area contributed by atoms with Gasteiger partial charge in [-0.2, -0.15) is 9.49 Å². The molecule has 3 heterocycles. The quantitative estimate of drug-likeness (QED) is 0.302. The lowest BCUT2D eigenvalue weighted by Crippen LogP contribution is -2.70. The Hall–Kier alpha value is -2.63. The number of thiol groups is 1. The van der Waals surface area contributed by atoms with Crippen LogP contribution >= 0.6 is 12.6 Å². The predicted molar refractivity (Wildman–Crippen MR) is 151 cm³/mol. The van der Waals surface area contributed by atoms with E-state index in [0.717, 1.165) is 23.3 Å². The number of pyridine rings is 1. The van der Waals surface area contributed by atoms with Crippen LogP contribution in [0.15, 0.2) is 30.1 Å². The molecule has 5 aliphatic rings. The fraction of sp³-hybridized carbons (Fsp3) is 0.613. The number of carbonyl (C=O) groups excluding carboxylic acids is 2. The summed E-state index contributed by atoms with van der Waals surface area (Å²) in [4.78, 5) is 30.1. The van der Waals surface area contributed by atoms with E-state index >= 15 is 4.39 Å². The van der Waals surface area contributed by atoms with E-state index in [4.69, 9.17) is 9.47 Å². The lowest BCUT2D eigenvalue weighted by Gasteiger charge is -2.63. The first-order valence-electron chi connectivity index (χ1n) is 14.8. The monoisotopic (exact) mass is 599 g/mol. The molecule has 4 aliphatic carbocycles. The SMILES string of the molecule is CC12CC(O)[C@@]3(F)C(CCC4=Cc5c(cnn5-c5ccc(F)nc5)CC43C)[C@@H]1CCC2(OC(=O)C1CCCO1)C(=O)S. The molecule has 1 saturated heterocycles. The topological polar surface area (TPSA) is 104 Å². The van der Waals surface area contributed by atoms with Gasteiger partial charge in [-0.05, 0) is 81.1 Å². The Morgan fingerprint density at radius 2 is 2.00 bits per heavy atom. The van der Waals surface area contributed by atoms with E-state index in [1.54, 1.807) is 16.9 Å². The van der Waals surface area contributed by atoms with Gasteiger partial charge in [0.2, 0.25) is 11.1 Å². The third kappa shape index (κ3) is 3.59. The summed E-state index contributed by atoms with van der Waals surface area (Å²) in [5.41, 5.74) is -2.41. The first-order chi connectivity index (χ1) is 19.9. The molecule has 8 atom stereocenters. The number of fused-ring (bicyclic) bond motifs is 6. The number of nitrogens with zero attached hydrogens (tertiary/aromatic N) is 3. The molecule has 4 fully saturated rings. The Morgan fingerprint density at radius 3 is 2.69 bits per heavy atom. The van der Waals surface area contributed by atoms with E-state index in [2.05, 4.69) is 22.7 Å². The number of hydrogen-bond acceptors (Lipinski definition) is 7. The Morgan fingerprint density at radius 1 is 1.19 bits per heavy atom. The number of halogens is 2. The average molecular weight is 600 g/mol. The van der Waals surface area contributed by atoms with Gasteiger partial charge in [-0.3, -0.25) is 4.79 Å². The maximum Gasteiger partial charge on any atom is 0.336 e. The fourth-order valence-corrected chi connectivity index (χ4v) is 9.72. The number of ether oxygens (including phenoxy) is 2. The lowest BCUT2D eigenvalue weighted by atomic mass is 9.44.